The van der Waals surface area contributed by atoms with Gasteiger partial charge in [0.25, 0.3) is 0 Å². The number of ether oxygens (including phenoxy) is 2. The number of oxime groups is 1. The van der Waals surface area contributed by atoms with Gasteiger partial charge in [0.15, 0.2) is 0 Å². The molecule has 0 heterocycles. The average molecular weight is 297 g/mol. The number of allylic oxidation sites excluding steroid dienone is 1. The Labute approximate surface area is 130 Å². The third-order valence-electron chi connectivity index (χ3n) is 3.05. The van der Waals surface area contributed by atoms with E-state index in [9.17, 15) is 0 Å². The van der Waals surface area contributed by atoms with Crippen molar-refractivity contribution in [2.24, 2.45) is 5.16 Å². The van der Waals surface area contributed by atoms with E-state index in [0.29, 0.717) is 19.0 Å². The molecule has 0 atom stereocenters. The number of benzene rings is 2. The molecule has 0 spiro atoms. The van der Waals surface area contributed by atoms with Crippen LogP contribution in [0, 0.1) is 0 Å². The highest BCUT2D eigenvalue weighted by Crippen LogP contribution is 2.19. The summed E-state index contributed by atoms with van der Waals surface area (Å²) in [7, 11) is 0. The van der Waals surface area contributed by atoms with Crippen LogP contribution in [0.4, 0.5) is 0 Å². The Bertz CT molecular complexity index is 638. The van der Waals surface area contributed by atoms with E-state index in [1.807, 2.05) is 54.6 Å². The summed E-state index contributed by atoms with van der Waals surface area (Å²) in [6.45, 7) is 4.58. The van der Waals surface area contributed by atoms with Crippen molar-refractivity contribution in [1.82, 2.24) is 0 Å². The van der Waals surface area contributed by atoms with Gasteiger partial charge in [-0.1, -0.05) is 41.6 Å². The molecule has 0 amide bonds. The molecule has 0 radical (unpaired) electrons. The van der Waals surface area contributed by atoms with Gasteiger partial charge in [-0.15, -0.1) is 6.58 Å². The van der Waals surface area contributed by atoms with Crippen LogP contribution < -0.4 is 9.47 Å². The van der Waals surface area contributed by atoms with Gasteiger partial charge >= 0.3 is 0 Å². The van der Waals surface area contributed by atoms with Crippen molar-refractivity contribution >= 4 is 6.21 Å². The zero-order valence-electron chi connectivity index (χ0n) is 12.3. The fourth-order valence-corrected chi connectivity index (χ4v) is 2.05. The lowest BCUT2D eigenvalue weighted by atomic mass is 10.1. The zero-order chi connectivity index (χ0) is 15.6. The summed E-state index contributed by atoms with van der Waals surface area (Å²) in [5, 5.41) is 11.7. The molecule has 1 N–H and O–H groups in total. The van der Waals surface area contributed by atoms with Crippen molar-refractivity contribution in [3.05, 3.63) is 72.3 Å². The van der Waals surface area contributed by atoms with Crippen LogP contribution in [0.5, 0.6) is 11.5 Å². The Kier molecular flexibility index (Phi) is 6.05. The lowest BCUT2D eigenvalue weighted by molar-refractivity contribution is 0.216. The van der Waals surface area contributed by atoms with Gasteiger partial charge in [0.1, 0.15) is 24.7 Å². The van der Waals surface area contributed by atoms with E-state index in [2.05, 4.69) is 11.7 Å². The molecular weight excluding hydrogens is 278 g/mol. The van der Waals surface area contributed by atoms with Crippen LogP contribution >= 0.6 is 0 Å². The minimum Gasteiger partial charge on any atom is -0.490 e. The molecule has 0 aromatic heterocycles. The van der Waals surface area contributed by atoms with Crippen LogP contribution in [0.15, 0.2) is 66.3 Å². The third-order valence-corrected chi connectivity index (χ3v) is 3.05. The van der Waals surface area contributed by atoms with Crippen molar-refractivity contribution in [2.75, 3.05) is 13.2 Å². The van der Waals surface area contributed by atoms with Crippen molar-refractivity contribution in [1.29, 1.82) is 0 Å². The summed E-state index contributed by atoms with van der Waals surface area (Å²) >= 11 is 0. The standard InChI is InChI=1S/C18H19NO3/c1-2-7-15-8-3-5-10-17(15)21-12-13-22-18-11-6-4-9-16(18)14-19-20/h2-6,8-11,14,20H,1,7,12-13H2/b19-14+. The summed E-state index contributed by atoms with van der Waals surface area (Å²) in [5.41, 5.74) is 1.82. The maximum Gasteiger partial charge on any atom is 0.128 e. The number of rotatable bonds is 8. The number of para-hydroxylation sites is 2. The monoisotopic (exact) mass is 297 g/mol. The van der Waals surface area contributed by atoms with Crippen LogP contribution in [0.2, 0.25) is 0 Å². The minimum absolute atomic E-state index is 0.401. The number of hydrogen-bond acceptors (Lipinski definition) is 4. The van der Waals surface area contributed by atoms with E-state index in [-0.39, 0.29) is 0 Å². The molecule has 4 heteroatoms. The van der Waals surface area contributed by atoms with E-state index in [4.69, 9.17) is 14.7 Å². The largest absolute Gasteiger partial charge is 0.490 e. The first kappa shape index (κ1) is 15.6. The highest BCUT2D eigenvalue weighted by atomic mass is 16.5. The van der Waals surface area contributed by atoms with Crippen LogP contribution in [0.25, 0.3) is 0 Å². The molecule has 0 aliphatic rings. The van der Waals surface area contributed by atoms with Crippen LogP contribution in [0.3, 0.4) is 0 Å². The highest BCUT2D eigenvalue weighted by molar-refractivity contribution is 5.82. The SMILES string of the molecule is C=CCc1ccccc1OCCOc1ccccc1/C=N/O. The topological polar surface area (TPSA) is 51.0 Å². The molecule has 4 nitrogen and oxygen atoms in total. The summed E-state index contributed by atoms with van der Waals surface area (Å²) < 4.78 is 11.4. The quantitative estimate of drug-likeness (QED) is 0.266. The number of hydrogen-bond donors (Lipinski definition) is 1. The molecule has 0 unspecified atom stereocenters. The van der Waals surface area contributed by atoms with E-state index in [0.717, 1.165) is 23.3 Å². The molecule has 0 aliphatic heterocycles. The molecule has 0 bridgehead atoms. The normalized spacial score (nSPS) is 10.5. The molecule has 2 rings (SSSR count). The van der Waals surface area contributed by atoms with Crippen LogP contribution in [-0.4, -0.2) is 24.6 Å². The van der Waals surface area contributed by atoms with Gasteiger partial charge in [-0.2, -0.15) is 0 Å². The molecule has 0 saturated heterocycles. The summed E-state index contributed by atoms with van der Waals surface area (Å²) in [6.07, 6.45) is 3.96. The molecular formula is C18H19NO3. The highest BCUT2D eigenvalue weighted by Gasteiger charge is 2.03. The van der Waals surface area contributed by atoms with E-state index < -0.39 is 0 Å². The predicted molar refractivity (Wildman–Crippen MR) is 87.2 cm³/mol. The molecule has 22 heavy (non-hydrogen) atoms. The lowest BCUT2D eigenvalue weighted by Crippen LogP contribution is -2.10. The molecule has 2 aromatic carbocycles. The van der Waals surface area contributed by atoms with Gasteiger partial charge < -0.3 is 14.7 Å². The first-order chi connectivity index (χ1) is 10.8. The number of nitrogens with zero attached hydrogens (tertiary/aromatic N) is 1. The molecule has 2 aromatic rings. The summed E-state index contributed by atoms with van der Waals surface area (Å²) in [4.78, 5) is 0. The van der Waals surface area contributed by atoms with Crippen LogP contribution in [0.1, 0.15) is 11.1 Å². The van der Waals surface area contributed by atoms with Gasteiger partial charge in [0.2, 0.25) is 0 Å². The maximum absolute atomic E-state index is 8.63. The Morgan fingerprint density at radius 1 is 0.955 bits per heavy atom. The van der Waals surface area contributed by atoms with Gasteiger partial charge in [-0.25, -0.2) is 0 Å². The zero-order valence-corrected chi connectivity index (χ0v) is 12.3. The Morgan fingerprint density at radius 3 is 2.32 bits per heavy atom. The van der Waals surface area contributed by atoms with Crippen molar-refractivity contribution < 1.29 is 14.7 Å². The van der Waals surface area contributed by atoms with Crippen LogP contribution in [-0.2, 0) is 6.42 Å². The predicted octanol–water partition coefficient (Wildman–Crippen LogP) is 3.68. The smallest absolute Gasteiger partial charge is 0.128 e. The first-order valence-corrected chi connectivity index (χ1v) is 7.06. The second kappa shape index (κ2) is 8.52. The van der Waals surface area contributed by atoms with Gasteiger partial charge in [-0.05, 0) is 30.2 Å². The minimum atomic E-state index is 0.401. The van der Waals surface area contributed by atoms with Crippen molar-refractivity contribution in [2.45, 2.75) is 6.42 Å². The van der Waals surface area contributed by atoms with Gasteiger partial charge in [-0.3, -0.25) is 0 Å². The van der Waals surface area contributed by atoms with E-state index in [1.165, 1.54) is 6.21 Å². The second-order valence-electron chi connectivity index (χ2n) is 4.58. The van der Waals surface area contributed by atoms with E-state index in [1.54, 1.807) is 0 Å². The first-order valence-electron chi connectivity index (χ1n) is 7.06. The van der Waals surface area contributed by atoms with E-state index >= 15 is 0 Å². The second-order valence-corrected chi connectivity index (χ2v) is 4.58. The average Bonchev–Trinajstić information content (AvgIpc) is 2.55. The Hall–Kier alpha value is -2.75. The summed E-state index contributed by atoms with van der Waals surface area (Å²) in [6, 6.07) is 15.2. The molecule has 0 saturated carbocycles. The van der Waals surface area contributed by atoms with Gasteiger partial charge in [0.05, 0.1) is 6.21 Å². The molecule has 0 aliphatic carbocycles. The van der Waals surface area contributed by atoms with Crippen molar-refractivity contribution in [3.8, 4) is 11.5 Å². The summed E-state index contributed by atoms with van der Waals surface area (Å²) in [5.74, 6) is 1.50. The van der Waals surface area contributed by atoms with Gasteiger partial charge in [0, 0.05) is 5.56 Å². The lowest BCUT2D eigenvalue weighted by Gasteiger charge is -2.12. The molecule has 114 valence electrons. The van der Waals surface area contributed by atoms with Crippen molar-refractivity contribution in [3.63, 3.8) is 0 Å². The Balaban J connectivity index is 1.89. The fourth-order valence-electron chi connectivity index (χ4n) is 2.05. The molecule has 0 fully saturated rings. The third kappa shape index (κ3) is 4.38. The fraction of sp³-hybridized carbons (Fsp3) is 0.167. The maximum atomic E-state index is 8.63. The Morgan fingerprint density at radius 2 is 1.59 bits per heavy atom.